The number of fused-ring (bicyclic) bond motifs is 2. The van der Waals surface area contributed by atoms with Crippen molar-refractivity contribution >= 4 is 17.5 Å². The highest BCUT2D eigenvalue weighted by atomic mass is 35.5. The van der Waals surface area contributed by atoms with Crippen LogP contribution in [0.25, 0.3) is 0 Å². The van der Waals surface area contributed by atoms with Gasteiger partial charge in [0.15, 0.2) is 0 Å². The van der Waals surface area contributed by atoms with Crippen molar-refractivity contribution in [3.8, 4) is 0 Å². The number of carbonyl (C=O) groups is 1. The zero-order valence-electron chi connectivity index (χ0n) is 7.92. The molecule has 1 amide bonds. The number of rotatable bonds is 1. The maximum absolute atomic E-state index is 11.2. The van der Waals surface area contributed by atoms with Crippen LogP contribution in [-0.4, -0.2) is 11.3 Å². The molecule has 4 unspecified atom stereocenters. The molecule has 2 nitrogen and oxygen atoms in total. The highest BCUT2D eigenvalue weighted by Crippen LogP contribution is 2.56. The minimum absolute atomic E-state index is 0.0370. The molecular weight excluding hydrogens is 186 g/mol. The molecule has 0 spiro atoms. The van der Waals surface area contributed by atoms with Crippen LogP contribution in [0.4, 0.5) is 0 Å². The Morgan fingerprint density at radius 1 is 1.62 bits per heavy atom. The van der Waals surface area contributed by atoms with E-state index in [0.29, 0.717) is 5.92 Å². The van der Waals surface area contributed by atoms with Gasteiger partial charge in [0.1, 0.15) is 0 Å². The van der Waals surface area contributed by atoms with Crippen molar-refractivity contribution in [1.29, 1.82) is 0 Å². The zero-order chi connectivity index (χ0) is 9.64. The van der Waals surface area contributed by atoms with Crippen molar-refractivity contribution < 1.29 is 4.79 Å². The summed E-state index contributed by atoms with van der Waals surface area (Å²) in [4.78, 5) is 11.2. The standard InChI is InChI=1S/C10H16ClNO/c1-10-4-2-3-6(8(10)11)7(5-10)9(12)13/h6-8H,2-5H2,1H3,(H2,12,13). The van der Waals surface area contributed by atoms with Crippen LogP contribution in [0.2, 0.25) is 0 Å². The number of halogens is 1. The number of primary amides is 1. The second-order valence-corrected chi connectivity index (χ2v) is 5.30. The smallest absolute Gasteiger partial charge is 0.220 e. The van der Waals surface area contributed by atoms with Gasteiger partial charge in [-0.25, -0.2) is 0 Å². The molecule has 0 heterocycles. The van der Waals surface area contributed by atoms with E-state index < -0.39 is 0 Å². The van der Waals surface area contributed by atoms with Gasteiger partial charge in [-0.3, -0.25) is 4.79 Å². The maximum Gasteiger partial charge on any atom is 0.220 e. The second kappa shape index (κ2) is 2.88. The molecule has 2 saturated carbocycles. The Balaban J connectivity index is 2.26. The maximum atomic E-state index is 11.2. The van der Waals surface area contributed by atoms with Crippen LogP contribution in [0.1, 0.15) is 32.6 Å². The van der Waals surface area contributed by atoms with E-state index in [-0.39, 0.29) is 22.6 Å². The van der Waals surface area contributed by atoms with E-state index in [1.54, 1.807) is 0 Å². The molecule has 4 atom stereocenters. The number of alkyl halides is 1. The quantitative estimate of drug-likeness (QED) is 0.648. The Morgan fingerprint density at radius 2 is 2.31 bits per heavy atom. The lowest BCUT2D eigenvalue weighted by molar-refractivity contribution is -0.122. The van der Waals surface area contributed by atoms with Crippen LogP contribution in [0.5, 0.6) is 0 Å². The predicted molar refractivity (Wildman–Crippen MR) is 52.4 cm³/mol. The number of hydrogen-bond acceptors (Lipinski definition) is 1. The topological polar surface area (TPSA) is 43.1 Å². The van der Waals surface area contributed by atoms with Gasteiger partial charge < -0.3 is 5.73 Å². The van der Waals surface area contributed by atoms with Gasteiger partial charge in [0.2, 0.25) is 5.91 Å². The first-order valence-electron chi connectivity index (χ1n) is 4.98. The molecule has 3 heteroatoms. The van der Waals surface area contributed by atoms with Crippen molar-refractivity contribution in [2.75, 3.05) is 0 Å². The molecule has 2 aliphatic rings. The van der Waals surface area contributed by atoms with Crippen LogP contribution in [0.15, 0.2) is 0 Å². The Bertz CT molecular complexity index is 243. The van der Waals surface area contributed by atoms with Crippen molar-refractivity contribution in [3.63, 3.8) is 0 Å². The Kier molecular flexibility index (Phi) is 2.06. The molecule has 0 saturated heterocycles. The lowest BCUT2D eigenvalue weighted by Gasteiger charge is -2.34. The van der Waals surface area contributed by atoms with Gasteiger partial charge in [-0.1, -0.05) is 13.3 Å². The first-order chi connectivity index (χ1) is 6.04. The monoisotopic (exact) mass is 201 g/mol. The number of amides is 1. The van der Waals surface area contributed by atoms with Crippen LogP contribution in [0, 0.1) is 17.3 Å². The zero-order valence-corrected chi connectivity index (χ0v) is 8.68. The largest absolute Gasteiger partial charge is 0.369 e. The number of carbonyl (C=O) groups excluding carboxylic acids is 1. The highest BCUT2D eigenvalue weighted by Gasteiger charge is 2.53. The fraction of sp³-hybridized carbons (Fsp3) is 0.900. The first kappa shape index (κ1) is 9.32. The summed E-state index contributed by atoms with van der Waals surface area (Å²) in [6.45, 7) is 2.19. The van der Waals surface area contributed by atoms with Gasteiger partial charge in [-0.15, -0.1) is 11.6 Å². The van der Waals surface area contributed by atoms with E-state index in [4.69, 9.17) is 17.3 Å². The molecule has 2 aliphatic carbocycles. The minimum atomic E-state index is -0.152. The Morgan fingerprint density at radius 3 is 2.85 bits per heavy atom. The SMILES string of the molecule is CC12CCCC(C(C(N)=O)C1)C2Cl. The van der Waals surface area contributed by atoms with E-state index in [1.165, 1.54) is 6.42 Å². The average Bonchev–Trinajstić information content (AvgIpc) is 2.25. The molecular formula is C10H16ClNO. The fourth-order valence-electron chi connectivity index (χ4n) is 3.13. The van der Waals surface area contributed by atoms with Gasteiger partial charge in [0, 0.05) is 11.3 Å². The van der Waals surface area contributed by atoms with Gasteiger partial charge in [0.25, 0.3) is 0 Å². The molecule has 2 bridgehead atoms. The Hall–Kier alpha value is -0.240. The van der Waals surface area contributed by atoms with E-state index in [1.807, 2.05) is 0 Å². The van der Waals surface area contributed by atoms with Crippen LogP contribution in [0.3, 0.4) is 0 Å². The molecule has 2 rings (SSSR count). The molecule has 0 aromatic rings. The summed E-state index contributed by atoms with van der Waals surface area (Å²) in [5.74, 6) is 0.231. The second-order valence-electron chi connectivity index (χ2n) is 4.82. The van der Waals surface area contributed by atoms with Crippen molar-refractivity contribution in [2.24, 2.45) is 23.0 Å². The lowest BCUT2D eigenvalue weighted by atomic mass is 9.77. The third kappa shape index (κ3) is 1.26. The Labute approximate surface area is 83.8 Å². The fourth-order valence-corrected chi connectivity index (χ4v) is 3.63. The van der Waals surface area contributed by atoms with Gasteiger partial charge in [0.05, 0.1) is 0 Å². The molecule has 74 valence electrons. The van der Waals surface area contributed by atoms with Crippen LogP contribution in [-0.2, 0) is 4.79 Å². The van der Waals surface area contributed by atoms with E-state index in [2.05, 4.69) is 6.92 Å². The summed E-state index contributed by atoms with van der Waals surface area (Å²) in [5.41, 5.74) is 5.55. The summed E-state index contributed by atoms with van der Waals surface area (Å²) in [7, 11) is 0. The molecule has 13 heavy (non-hydrogen) atoms. The highest BCUT2D eigenvalue weighted by molar-refractivity contribution is 6.21. The van der Waals surface area contributed by atoms with Gasteiger partial charge in [-0.2, -0.15) is 0 Å². The van der Waals surface area contributed by atoms with Crippen LogP contribution < -0.4 is 5.73 Å². The molecule has 0 aromatic heterocycles. The van der Waals surface area contributed by atoms with E-state index >= 15 is 0 Å². The minimum Gasteiger partial charge on any atom is -0.369 e. The van der Waals surface area contributed by atoms with Crippen molar-refractivity contribution in [3.05, 3.63) is 0 Å². The summed E-state index contributed by atoms with van der Waals surface area (Å²) >= 11 is 6.35. The van der Waals surface area contributed by atoms with Gasteiger partial charge in [-0.05, 0) is 30.6 Å². The van der Waals surface area contributed by atoms with Crippen LogP contribution >= 0.6 is 11.6 Å². The summed E-state index contributed by atoms with van der Waals surface area (Å²) in [6, 6.07) is 0. The third-order valence-electron chi connectivity index (χ3n) is 3.90. The molecule has 0 aromatic carbocycles. The van der Waals surface area contributed by atoms with E-state index in [9.17, 15) is 4.79 Å². The number of hydrogen-bond donors (Lipinski definition) is 1. The third-order valence-corrected chi connectivity index (χ3v) is 4.75. The summed E-state index contributed by atoms with van der Waals surface area (Å²) in [6.07, 6.45) is 4.34. The summed E-state index contributed by atoms with van der Waals surface area (Å²) < 4.78 is 0. The predicted octanol–water partition coefficient (Wildman–Crippen LogP) is 1.91. The van der Waals surface area contributed by atoms with Crippen molar-refractivity contribution in [1.82, 2.24) is 0 Å². The normalized spacial score (nSPS) is 49.2. The molecule has 2 N–H and O–H groups in total. The lowest BCUT2D eigenvalue weighted by Crippen LogP contribution is -2.32. The molecule has 0 aliphatic heterocycles. The van der Waals surface area contributed by atoms with E-state index in [0.717, 1.165) is 19.3 Å². The number of nitrogens with two attached hydrogens (primary N) is 1. The molecule has 2 fully saturated rings. The average molecular weight is 202 g/mol. The molecule has 0 radical (unpaired) electrons. The summed E-state index contributed by atoms with van der Waals surface area (Å²) in [5, 5.41) is 0.166. The van der Waals surface area contributed by atoms with Crippen molar-refractivity contribution in [2.45, 2.75) is 38.0 Å². The first-order valence-corrected chi connectivity index (χ1v) is 5.42. The van der Waals surface area contributed by atoms with Gasteiger partial charge >= 0.3 is 0 Å².